The van der Waals surface area contributed by atoms with Gasteiger partial charge in [0.15, 0.2) is 9.84 Å². The first-order valence-electron chi connectivity index (χ1n) is 7.71. The maximum atomic E-state index is 11.8. The summed E-state index contributed by atoms with van der Waals surface area (Å²) in [6.45, 7) is 0.899. The summed E-state index contributed by atoms with van der Waals surface area (Å²) in [4.78, 5) is 0. The van der Waals surface area contributed by atoms with Gasteiger partial charge >= 0.3 is 0 Å². The number of nitrogens with one attached hydrogen (secondary N) is 1. The van der Waals surface area contributed by atoms with Gasteiger partial charge in [0.1, 0.15) is 0 Å². The molecule has 1 aromatic carbocycles. The first-order valence-corrected chi connectivity index (χ1v) is 9.90. The van der Waals surface area contributed by atoms with E-state index in [0.29, 0.717) is 23.5 Å². The molecule has 1 heterocycles. The number of hydrogen-bond donors (Lipinski definition) is 1. The van der Waals surface area contributed by atoms with Crippen molar-refractivity contribution in [3.63, 3.8) is 0 Å². The summed E-state index contributed by atoms with van der Waals surface area (Å²) in [5.41, 5.74) is 1.13. The van der Waals surface area contributed by atoms with E-state index in [-0.39, 0.29) is 5.92 Å². The summed E-state index contributed by atoms with van der Waals surface area (Å²) < 4.78 is 23.5. The Morgan fingerprint density at radius 3 is 2.62 bits per heavy atom. The van der Waals surface area contributed by atoms with E-state index in [2.05, 4.69) is 11.4 Å². The Morgan fingerprint density at radius 2 is 2.00 bits per heavy atom. The van der Waals surface area contributed by atoms with Crippen LogP contribution in [0.3, 0.4) is 0 Å². The van der Waals surface area contributed by atoms with Gasteiger partial charge in [-0.3, -0.25) is 0 Å². The van der Waals surface area contributed by atoms with Crippen LogP contribution in [0.15, 0.2) is 24.3 Å². The van der Waals surface area contributed by atoms with E-state index < -0.39 is 9.84 Å². The van der Waals surface area contributed by atoms with Gasteiger partial charge < -0.3 is 5.32 Å². The first kappa shape index (κ1) is 15.3. The third-order valence-corrected chi connectivity index (χ3v) is 6.78. The molecule has 0 spiro atoms. The second-order valence-corrected chi connectivity index (χ2v) is 9.04. The van der Waals surface area contributed by atoms with Crippen LogP contribution in [0.2, 0.25) is 5.02 Å². The van der Waals surface area contributed by atoms with Gasteiger partial charge in [0, 0.05) is 11.1 Å². The highest BCUT2D eigenvalue weighted by Gasteiger charge is 2.34. The number of sulfone groups is 1. The van der Waals surface area contributed by atoms with Crippen LogP contribution in [0, 0.1) is 11.8 Å². The Hall–Kier alpha value is -0.580. The van der Waals surface area contributed by atoms with Gasteiger partial charge in [-0.25, -0.2) is 8.42 Å². The van der Waals surface area contributed by atoms with E-state index in [0.717, 1.165) is 30.0 Å². The Bertz CT molecular complexity index is 598. The molecule has 0 bridgehead atoms. The van der Waals surface area contributed by atoms with Crippen LogP contribution in [0.1, 0.15) is 24.8 Å². The zero-order valence-electron chi connectivity index (χ0n) is 12.1. The summed E-state index contributed by atoms with van der Waals surface area (Å²) in [5, 5.41) is 4.35. The molecule has 2 aliphatic rings. The second kappa shape index (κ2) is 6.27. The average Bonchev–Trinajstić information content (AvgIpc) is 3.19. The fourth-order valence-electron chi connectivity index (χ4n) is 3.15. The third kappa shape index (κ3) is 4.21. The van der Waals surface area contributed by atoms with Crippen LogP contribution < -0.4 is 5.32 Å². The lowest BCUT2D eigenvalue weighted by Crippen LogP contribution is -2.31. The Kier molecular flexibility index (Phi) is 4.57. The Labute approximate surface area is 132 Å². The maximum Gasteiger partial charge on any atom is 0.150 e. The van der Waals surface area contributed by atoms with Crippen LogP contribution in [-0.4, -0.2) is 32.5 Å². The summed E-state index contributed by atoms with van der Waals surface area (Å²) in [7, 11) is -2.83. The molecule has 1 N–H and O–H groups in total. The van der Waals surface area contributed by atoms with Crippen LogP contribution in [0.4, 0.5) is 0 Å². The molecular weight excluding hydrogens is 306 g/mol. The largest absolute Gasteiger partial charge is 0.314 e. The first-order chi connectivity index (χ1) is 10.0. The van der Waals surface area contributed by atoms with Crippen molar-refractivity contribution < 1.29 is 8.42 Å². The molecule has 1 aliphatic heterocycles. The molecule has 1 saturated heterocycles. The van der Waals surface area contributed by atoms with E-state index in [1.54, 1.807) is 0 Å². The maximum absolute atomic E-state index is 11.8. The highest BCUT2D eigenvalue weighted by Crippen LogP contribution is 2.31. The summed E-state index contributed by atoms with van der Waals surface area (Å²) in [6, 6.07) is 8.54. The lowest BCUT2D eigenvalue weighted by molar-refractivity contribution is 0.342. The molecule has 1 aromatic rings. The second-order valence-electron chi connectivity index (χ2n) is 6.40. The van der Waals surface area contributed by atoms with E-state index in [9.17, 15) is 8.42 Å². The normalized spacial score (nSPS) is 25.9. The molecule has 116 valence electrons. The summed E-state index contributed by atoms with van der Waals surface area (Å²) in [5.74, 6) is 1.30. The van der Waals surface area contributed by atoms with E-state index in [4.69, 9.17) is 11.6 Å². The van der Waals surface area contributed by atoms with E-state index >= 15 is 0 Å². The Balaban J connectivity index is 1.70. The van der Waals surface area contributed by atoms with Crippen LogP contribution in [-0.2, 0) is 16.3 Å². The van der Waals surface area contributed by atoms with E-state index in [1.165, 1.54) is 12.8 Å². The minimum atomic E-state index is -2.83. The summed E-state index contributed by atoms with van der Waals surface area (Å²) in [6.07, 6.45) is 4.16. The van der Waals surface area contributed by atoms with Gasteiger partial charge in [-0.15, -0.1) is 0 Å². The quantitative estimate of drug-likeness (QED) is 0.873. The average molecular weight is 328 g/mol. The molecule has 0 aromatic heterocycles. The number of benzene rings is 1. The fourth-order valence-corrected chi connectivity index (χ4v) is 5.29. The summed E-state index contributed by atoms with van der Waals surface area (Å²) >= 11 is 6.27. The lowest BCUT2D eigenvalue weighted by Gasteiger charge is -2.23. The van der Waals surface area contributed by atoms with Crippen molar-refractivity contribution in [1.82, 2.24) is 5.32 Å². The predicted molar refractivity (Wildman–Crippen MR) is 86.4 cm³/mol. The van der Waals surface area contributed by atoms with Crippen LogP contribution >= 0.6 is 11.6 Å². The molecule has 2 fully saturated rings. The zero-order chi connectivity index (χ0) is 14.9. The number of hydrogen-bond acceptors (Lipinski definition) is 3. The van der Waals surface area contributed by atoms with Gasteiger partial charge in [-0.2, -0.15) is 0 Å². The highest BCUT2D eigenvalue weighted by molar-refractivity contribution is 7.91. The number of rotatable bonds is 6. The molecule has 2 atom stereocenters. The molecule has 3 rings (SSSR count). The fraction of sp³-hybridized carbons (Fsp3) is 0.625. The van der Waals surface area contributed by atoms with Crippen molar-refractivity contribution in [2.24, 2.45) is 11.8 Å². The minimum Gasteiger partial charge on any atom is -0.314 e. The van der Waals surface area contributed by atoms with Gasteiger partial charge in [-0.1, -0.05) is 29.8 Å². The third-order valence-electron chi connectivity index (χ3n) is 4.62. The van der Waals surface area contributed by atoms with Gasteiger partial charge in [-0.05, 0) is 55.7 Å². The van der Waals surface area contributed by atoms with Crippen molar-refractivity contribution in [2.75, 3.05) is 18.1 Å². The van der Waals surface area contributed by atoms with Gasteiger partial charge in [0.05, 0.1) is 11.5 Å². The Morgan fingerprint density at radius 1 is 1.24 bits per heavy atom. The standard InChI is InChI=1S/C16H22ClNO2S/c17-16-4-2-1-3-12(16)9-14(10-18-15-5-6-15)13-7-8-21(19,20)11-13/h1-4,13-15,18H,5-11H2. The molecular formula is C16H22ClNO2S. The van der Waals surface area contributed by atoms with Crippen molar-refractivity contribution >= 4 is 21.4 Å². The SMILES string of the molecule is O=S1(=O)CCC(C(CNC2CC2)Cc2ccccc2Cl)C1. The lowest BCUT2D eigenvalue weighted by atomic mass is 9.86. The predicted octanol–water partition coefficient (Wildman–Crippen LogP) is 2.69. The van der Waals surface area contributed by atoms with Gasteiger partial charge in [0.25, 0.3) is 0 Å². The molecule has 3 nitrogen and oxygen atoms in total. The van der Waals surface area contributed by atoms with Gasteiger partial charge in [0.2, 0.25) is 0 Å². The highest BCUT2D eigenvalue weighted by atomic mass is 35.5. The van der Waals surface area contributed by atoms with Crippen LogP contribution in [0.25, 0.3) is 0 Å². The smallest absolute Gasteiger partial charge is 0.150 e. The van der Waals surface area contributed by atoms with Crippen LogP contribution in [0.5, 0.6) is 0 Å². The topological polar surface area (TPSA) is 46.2 Å². The van der Waals surface area contributed by atoms with E-state index in [1.807, 2.05) is 18.2 Å². The number of halogens is 1. The monoisotopic (exact) mass is 327 g/mol. The molecule has 5 heteroatoms. The molecule has 21 heavy (non-hydrogen) atoms. The van der Waals surface area contributed by atoms with Crippen molar-refractivity contribution in [3.05, 3.63) is 34.9 Å². The molecule has 2 unspecified atom stereocenters. The zero-order valence-corrected chi connectivity index (χ0v) is 13.7. The molecule has 0 amide bonds. The molecule has 1 saturated carbocycles. The van der Waals surface area contributed by atoms with Crippen molar-refractivity contribution in [3.8, 4) is 0 Å². The van der Waals surface area contributed by atoms with Crippen molar-refractivity contribution in [1.29, 1.82) is 0 Å². The molecule has 0 radical (unpaired) electrons. The molecule has 1 aliphatic carbocycles. The van der Waals surface area contributed by atoms with Crippen molar-refractivity contribution in [2.45, 2.75) is 31.7 Å². The minimum absolute atomic E-state index is 0.262.